The molecule has 2 aromatic heterocycles. The number of carbonyl (C=O) groups excluding carboxylic acids is 2. The quantitative estimate of drug-likeness (QED) is 0.300. The summed E-state index contributed by atoms with van der Waals surface area (Å²) in [6, 6.07) is 12.9. The Morgan fingerprint density at radius 3 is 2.95 bits per heavy atom. The molecular weight excluding hydrogens is 558 g/mol. The number of nitriles is 1. The zero-order valence-electron chi connectivity index (χ0n) is 20.7. The standard InChI is InChI=1S/C26H22ClN7O3S2/c1-37-15-6-2-5-14(11-15)21-16(12-28)24(29)34(18-8-3-9-19(35)22(18)21)25-32-33-26(39-25)38-13-20(36)31-17-7-4-10-30-23(17)27/h2,4-7,10-11,21H,3,8-9,13,29H2,1H3,(H,31,36). The Bertz CT molecular complexity index is 1560. The topological polar surface area (TPSA) is 147 Å². The van der Waals surface area contributed by atoms with Crippen molar-refractivity contribution >= 4 is 57.2 Å². The summed E-state index contributed by atoms with van der Waals surface area (Å²) in [7, 11) is 1.57. The zero-order chi connectivity index (χ0) is 27.5. The third-order valence-corrected chi connectivity index (χ3v) is 8.63. The lowest BCUT2D eigenvalue weighted by Gasteiger charge is -2.38. The largest absolute Gasteiger partial charge is 0.497 e. The maximum Gasteiger partial charge on any atom is 0.234 e. The van der Waals surface area contributed by atoms with Crippen molar-refractivity contribution in [3.05, 3.63) is 76.0 Å². The van der Waals surface area contributed by atoms with Gasteiger partial charge in [0.05, 0.1) is 36.1 Å². The van der Waals surface area contributed by atoms with E-state index in [0.29, 0.717) is 51.4 Å². The van der Waals surface area contributed by atoms with E-state index >= 15 is 0 Å². The molecule has 0 radical (unpaired) electrons. The third kappa shape index (κ3) is 5.34. The molecule has 13 heteroatoms. The summed E-state index contributed by atoms with van der Waals surface area (Å²) in [5.74, 6) is -0.0148. The van der Waals surface area contributed by atoms with Crippen LogP contribution in [0.5, 0.6) is 5.75 Å². The van der Waals surface area contributed by atoms with E-state index in [1.54, 1.807) is 24.1 Å². The maximum absolute atomic E-state index is 13.3. The summed E-state index contributed by atoms with van der Waals surface area (Å²) in [4.78, 5) is 31.3. The molecule has 39 heavy (non-hydrogen) atoms. The molecule has 0 spiro atoms. The number of anilines is 2. The van der Waals surface area contributed by atoms with Crippen LogP contribution in [-0.4, -0.2) is 39.7 Å². The van der Waals surface area contributed by atoms with Crippen molar-refractivity contribution in [1.82, 2.24) is 15.2 Å². The van der Waals surface area contributed by atoms with Gasteiger partial charge in [-0.2, -0.15) is 5.26 Å². The summed E-state index contributed by atoms with van der Waals surface area (Å²) in [5.41, 5.74) is 9.29. The number of hydrogen-bond donors (Lipinski definition) is 2. The van der Waals surface area contributed by atoms with E-state index in [0.717, 1.165) is 5.56 Å². The number of Topliss-reactive ketones (excluding diaryl/α,β-unsaturated/α-hetero) is 1. The van der Waals surface area contributed by atoms with E-state index in [-0.39, 0.29) is 34.0 Å². The van der Waals surface area contributed by atoms with Crippen LogP contribution in [0.25, 0.3) is 0 Å². The van der Waals surface area contributed by atoms with Crippen LogP contribution >= 0.6 is 34.7 Å². The first-order valence-corrected chi connectivity index (χ1v) is 14.1. The number of rotatable bonds is 7. The molecule has 3 N–H and O–H groups in total. The average molecular weight is 580 g/mol. The number of nitrogens with one attached hydrogen (secondary N) is 1. The molecule has 3 aromatic rings. The van der Waals surface area contributed by atoms with Crippen molar-refractivity contribution in [3.63, 3.8) is 0 Å². The molecule has 0 saturated carbocycles. The van der Waals surface area contributed by atoms with Crippen molar-refractivity contribution < 1.29 is 14.3 Å². The van der Waals surface area contributed by atoms with E-state index < -0.39 is 5.92 Å². The molecule has 1 unspecified atom stereocenters. The van der Waals surface area contributed by atoms with E-state index in [4.69, 9.17) is 22.1 Å². The van der Waals surface area contributed by atoms with Gasteiger partial charge in [0.2, 0.25) is 11.0 Å². The molecule has 2 aliphatic rings. The molecule has 10 nitrogen and oxygen atoms in total. The first-order chi connectivity index (χ1) is 18.9. The molecule has 1 aliphatic carbocycles. The molecule has 0 bridgehead atoms. The molecule has 0 saturated heterocycles. The normalized spacial score (nSPS) is 17.1. The van der Waals surface area contributed by atoms with Crippen LogP contribution in [0.1, 0.15) is 30.7 Å². The van der Waals surface area contributed by atoms with E-state index in [2.05, 4.69) is 26.6 Å². The minimum atomic E-state index is -0.603. The van der Waals surface area contributed by atoms with E-state index in [1.807, 2.05) is 24.3 Å². The molecule has 1 aromatic carbocycles. The van der Waals surface area contributed by atoms with Gasteiger partial charge < -0.3 is 15.8 Å². The molecule has 1 atom stereocenters. The number of ketones is 1. The Balaban J connectivity index is 1.43. The molecule has 198 valence electrons. The Morgan fingerprint density at radius 1 is 1.33 bits per heavy atom. The highest BCUT2D eigenvalue weighted by molar-refractivity contribution is 8.01. The lowest BCUT2D eigenvalue weighted by Crippen LogP contribution is -2.38. The summed E-state index contributed by atoms with van der Waals surface area (Å²) in [6.45, 7) is 0. The number of benzene rings is 1. The number of allylic oxidation sites excluding steroid dienone is 3. The second-order valence-electron chi connectivity index (χ2n) is 8.62. The van der Waals surface area contributed by atoms with Gasteiger partial charge in [-0.15, -0.1) is 10.2 Å². The van der Waals surface area contributed by atoms with Gasteiger partial charge in [-0.05, 0) is 42.7 Å². The number of halogens is 1. The van der Waals surface area contributed by atoms with Crippen molar-refractivity contribution in [2.75, 3.05) is 23.1 Å². The Kier molecular flexibility index (Phi) is 7.83. The number of thioether (sulfide) groups is 1. The average Bonchev–Trinajstić information content (AvgIpc) is 3.41. The second-order valence-corrected chi connectivity index (χ2v) is 11.2. The number of ether oxygens (including phenoxy) is 1. The molecule has 0 fully saturated rings. The predicted octanol–water partition coefficient (Wildman–Crippen LogP) is 4.63. The molecular formula is C26H22ClN7O3S2. The third-order valence-electron chi connectivity index (χ3n) is 6.29. The van der Waals surface area contributed by atoms with Gasteiger partial charge in [0.15, 0.2) is 15.3 Å². The number of amides is 1. The SMILES string of the molecule is COc1cccc(C2C(C#N)=C(N)N(c3nnc(SCC(=O)Nc4cccnc4Cl)s3)C3=C2C(=O)CCC3)c1. The number of carbonyl (C=O) groups is 2. The maximum atomic E-state index is 13.3. The van der Waals surface area contributed by atoms with Gasteiger partial charge in [0, 0.05) is 23.9 Å². The fourth-order valence-electron chi connectivity index (χ4n) is 4.60. The Hall–Kier alpha value is -3.92. The van der Waals surface area contributed by atoms with Crippen LogP contribution in [0.3, 0.4) is 0 Å². The fourth-order valence-corrected chi connectivity index (χ4v) is 6.45. The summed E-state index contributed by atoms with van der Waals surface area (Å²) in [6.07, 6.45) is 3.18. The first kappa shape index (κ1) is 26.7. The molecule has 1 amide bonds. The van der Waals surface area contributed by atoms with Crippen LogP contribution in [0, 0.1) is 11.3 Å². The highest BCUT2D eigenvalue weighted by Crippen LogP contribution is 2.47. The number of nitrogens with zero attached hydrogens (tertiary/aromatic N) is 5. The highest BCUT2D eigenvalue weighted by Gasteiger charge is 2.41. The summed E-state index contributed by atoms with van der Waals surface area (Å²) >= 11 is 8.44. The lowest BCUT2D eigenvalue weighted by molar-refractivity contribution is -0.116. The van der Waals surface area contributed by atoms with E-state index in [1.165, 1.54) is 29.3 Å². The summed E-state index contributed by atoms with van der Waals surface area (Å²) in [5, 5.41) is 22.0. The lowest BCUT2D eigenvalue weighted by atomic mass is 9.76. The Morgan fingerprint density at radius 2 is 2.18 bits per heavy atom. The number of nitrogens with two attached hydrogens (primary N) is 1. The molecule has 1 aliphatic heterocycles. The van der Waals surface area contributed by atoms with Crippen LogP contribution in [-0.2, 0) is 9.59 Å². The monoisotopic (exact) mass is 579 g/mol. The minimum absolute atomic E-state index is 0.0285. The van der Waals surface area contributed by atoms with E-state index in [9.17, 15) is 14.9 Å². The van der Waals surface area contributed by atoms with Crippen molar-refractivity contribution in [2.45, 2.75) is 29.5 Å². The zero-order valence-corrected chi connectivity index (χ0v) is 23.1. The van der Waals surface area contributed by atoms with Crippen molar-refractivity contribution in [2.24, 2.45) is 5.73 Å². The van der Waals surface area contributed by atoms with Gasteiger partial charge >= 0.3 is 0 Å². The van der Waals surface area contributed by atoms with Crippen LogP contribution < -0.4 is 20.7 Å². The predicted molar refractivity (Wildman–Crippen MR) is 149 cm³/mol. The van der Waals surface area contributed by atoms with Crippen molar-refractivity contribution in [3.8, 4) is 11.8 Å². The van der Waals surface area contributed by atoms with Gasteiger partial charge in [0.1, 0.15) is 11.6 Å². The first-order valence-electron chi connectivity index (χ1n) is 11.9. The number of aromatic nitrogens is 3. The Labute approximate surface area is 237 Å². The van der Waals surface area contributed by atoms with Gasteiger partial charge in [-0.1, -0.05) is 46.8 Å². The van der Waals surface area contributed by atoms with Gasteiger partial charge in [-0.25, -0.2) is 4.98 Å². The van der Waals surface area contributed by atoms with Gasteiger partial charge in [-0.3, -0.25) is 14.5 Å². The molecule has 3 heterocycles. The number of methoxy groups -OCH3 is 1. The number of hydrogen-bond acceptors (Lipinski definition) is 11. The number of pyridine rings is 1. The summed E-state index contributed by atoms with van der Waals surface area (Å²) < 4.78 is 5.91. The van der Waals surface area contributed by atoms with Crippen molar-refractivity contribution in [1.29, 1.82) is 5.26 Å². The van der Waals surface area contributed by atoms with Crippen LogP contribution in [0.15, 0.2) is 69.6 Å². The van der Waals surface area contributed by atoms with Crippen LogP contribution in [0.4, 0.5) is 10.8 Å². The van der Waals surface area contributed by atoms with Crippen LogP contribution in [0.2, 0.25) is 5.15 Å². The molecule has 5 rings (SSSR count). The fraction of sp³-hybridized carbons (Fsp3) is 0.231. The second kappa shape index (κ2) is 11.4. The minimum Gasteiger partial charge on any atom is -0.497 e. The smallest absolute Gasteiger partial charge is 0.234 e. The highest BCUT2D eigenvalue weighted by atomic mass is 35.5. The van der Waals surface area contributed by atoms with Gasteiger partial charge in [0.25, 0.3) is 0 Å².